The molecule has 34 N–H and O–H groups in total. The number of aliphatic hydroxyl groups is 30. The van der Waals surface area contributed by atoms with Crippen LogP contribution in [0.3, 0.4) is 0 Å². The van der Waals surface area contributed by atoms with Crippen molar-refractivity contribution in [1.82, 2.24) is 16.0 Å². The Kier molecular flexibility index (Phi) is 36.2. The summed E-state index contributed by atoms with van der Waals surface area (Å²) in [6.45, 7) is -10.8. The summed E-state index contributed by atoms with van der Waals surface area (Å²) >= 11 is 0. The molecule has 1 aromatic carbocycles. The SMILES string of the molecule is O=C(CCC(=O)N[C@@H](Cc1ccc(O)cc1)C(=O)N[C@@H]1O[C@H](CO[C@H]2O[C@H](CO)[C@@H](O)[C@H](O)[C@@H]2O)[C@@H](O)[C@H](O[C@H]2O[C@H](CO)[C@@H](O)[C@H](O)[C@@H]2O)[C@@H]1O)NC[C@H]1O[C@@H]2O[C@H]3[C@H](O)[C@H](O)[C@@H](O[C@H]4[C@H](O)[C@H](O)[C@@H](O[C@H]5[C@H](O)[C@@H](O)[C@@H](O[C@H]6[C@H](O)[C@@H](O)[C@@H](O[C@H]7[C@H](O)[C@@H](O)[C@@H](O[C@H]8[C@H](O)[C@@H](O)[C@@H](O[C@H]1[C@H](O)[C@H]2O)O[C@@H]8CO)O[C@@H]7CO)O[C@@H]6CO)O[C@@H]5CO)O[C@@H]4CO)O[C@@H]3CO. The number of ether oxygens (including phenoxy) is 19. The number of hydrogen-bond acceptors (Lipinski definition) is 53. The maximum Gasteiger partial charge on any atom is 0.244 e. The molecule has 0 spiro atoms. The summed E-state index contributed by atoms with van der Waals surface area (Å²) < 4.78 is 110. The number of phenols is 1. The molecule has 0 aliphatic carbocycles. The fourth-order valence-corrected chi connectivity index (χ4v) is 16.6. The average Bonchev–Trinajstić information content (AvgIpc) is 0.912. The van der Waals surface area contributed by atoms with Gasteiger partial charge in [0.25, 0.3) is 0 Å². The lowest BCUT2D eigenvalue weighted by Crippen LogP contribution is -2.68. The highest BCUT2D eigenvalue weighted by Crippen LogP contribution is 2.41. The minimum atomic E-state index is -2.47. The van der Waals surface area contributed by atoms with Crippen LogP contribution >= 0.6 is 0 Å². The van der Waals surface area contributed by atoms with Gasteiger partial charge in [0.15, 0.2) is 62.8 Å². The fraction of sp³-hybridized carbons (Fsp3) is 0.877. The second-order valence-electron chi connectivity index (χ2n) is 32.7. The van der Waals surface area contributed by atoms with Gasteiger partial charge in [-0.3, -0.25) is 14.4 Å². The van der Waals surface area contributed by atoms with Crippen molar-refractivity contribution in [2.45, 2.75) is 332 Å². The topological polar surface area (TPSA) is 890 Å². The average molecular weight is 1880 g/mol. The van der Waals surface area contributed by atoms with Crippen molar-refractivity contribution >= 4 is 17.7 Å². The molecule has 24 saturated heterocycles. The molecular weight excluding hydrogens is 1770 g/mol. The van der Waals surface area contributed by atoms with Crippen LogP contribution in [0.15, 0.2) is 24.3 Å². The molecule has 0 saturated carbocycles. The number of phenolic OH excluding ortho intramolecular Hbond substituents is 1. The number of nitrogens with one attached hydrogen (secondary N) is 3. The summed E-state index contributed by atoms with van der Waals surface area (Å²) in [5.41, 5.74) is 0.215. The Hall–Kier alpha value is -4.53. The maximum atomic E-state index is 14.7. The highest BCUT2D eigenvalue weighted by molar-refractivity contribution is 5.89. The Labute approximate surface area is 728 Å². The van der Waals surface area contributed by atoms with Gasteiger partial charge in [-0.05, 0) is 17.7 Å². The van der Waals surface area contributed by atoms with Gasteiger partial charge in [-0.1, -0.05) is 12.1 Å². The van der Waals surface area contributed by atoms with Crippen LogP contribution in [0.5, 0.6) is 5.75 Å². The first-order valence-corrected chi connectivity index (χ1v) is 41.2. The lowest BCUT2D eigenvalue weighted by Gasteiger charge is -2.50. The van der Waals surface area contributed by atoms with Gasteiger partial charge in [-0.2, -0.15) is 0 Å². The molecule has 0 aromatic heterocycles. The smallest absolute Gasteiger partial charge is 0.244 e. The highest BCUT2D eigenvalue weighted by atomic mass is 16.8. The molecule has 24 aliphatic rings. The van der Waals surface area contributed by atoms with Gasteiger partial charge < -0.3 is 264 Å². The van der Waals surface area contributed by atoms with Gasteiger partial charge >= 0.3 is 0 Å². The third-order valence-corrected chi connectivity index (χ3v) is 24.1. The number of amides is 3. The Balaban J connectivity index is 0.782. The Morgan fingerprint density at radius 1 is 0.302 bits per heavy atom. The number of carbonyl (C=O) groups excluding carboxylic acids is 3. The van der Waals surface area contributed by atoms with Crippen molar-refractivity contribution in [3.05, 3.63) is 29.8 Å². The van der Waals surface area contributed by atoms with E-state index >= 15 is 0 Å². The molecule has 129 heavy (non-hydrogen) atoms. The van der Waals surface area contributed by atoms with E-state index in [-0.39, 0.29) is 11.3 Å². The number of aliphatic hydroxyl groups excluding tert-OH is 30. The third kappa shape index (κ3) is 22.5. The Morgan fingerprint density at radius 2 is 0.605 bits per heavy atom. The standard InChI is InChI=1S/C73H115N3O53/c77-9-22-33(88)36(91)45(100)65(114-22)111-17-30-35(90)62(129-66-46(101)37(92)34(89)23(10-78)115-66)54(109)64(112-30)76-63(110)20(7-18-1-3-19(85)4-2-18)75-32(87)6-5-31(86)74-8-21-55-38(93)47(102)67(113-21)123-56-24(11-79)117-69(49(104)40(56)95)125-58-26(13-81)119-71(51(106)42(58)97)127-60-28(15-83)121-73(53(108)44(60)99)128-61-29(16-84)120-72(52(107)43(61)98)126-59-27(14-82)118-70(50(105)41(59)96)124-57-25(12-80)116-68(122-55)48(103)39(57)94/h1-4,20-30,33-62,64-73,77-85,88-109H,5-17H2,(H,74,86)(H,75,87)(H,76,110)/t20-,21+,22+,23+,24+,25+,26+,27+,28+,29+,30+,33+,34+,35+,36-,37-,38+,39+,40+,41+,42+,43+,44+,45-,46-,47+,48+,49-,50+,51-,52+,53+,54-,55+,56+,57+,58+,59+,60+,61+,62-,64+,65-,66+,67+,68+,69+,70+,71+,72+,73+/m0/s1. The van der Waals surface area contributed by atoms with Gasteiger partial charge in [-0.25, -0.2) is 0 Å². The normalized spacial score (nSPS) is 48.7. The van der Waals surface area contributed by atoms with E-state index < -0.39 is 416 Å². The molecule has 56 nitrogen and oxygen atoms in total. The minimum absolute atomic E-state index is 0.215. The van der Waals surface area contributed by atoms with Crippen LogP contribution in [0.4, 0.5) is 0 Å². The molecular formula is C73H115N3O53. The van der Waals surface area contributed by atoms with Crippen molar-refractivity contribution in [3.8, 4) is 5.75 Å². The zero-order valence-corrected chi connectivity index (χ0v) is 67.8. The van der Waals surface area contributed by atoms with Gasteiger partial charge in [0.1, 0.15) is 256 Å². The summed E-state index contributed by atoms with van der Waals surface area (Å²) in [5, 5.41) is 351. The van der Waals surface area contributed by atoms with E-state index in [9.17, 15) is 173 Å². The molecule has 1 aromatic rings. The molecule has 3 amide bonds. The molecule has 0 unspecified atom stereocenters. The number of carbonyl (C=O) groups is 3. The van der Waals surface area contributed by atoms with Crippen LogP contribution in [-0.4, -0.2) is 555 Å². The zero-order valence-electron chi connectivity index (χ0n) is 67.8. The van der Waals surface area contributed by atoms with Gasteiger partial charge in [0.2, 0.25) is 17.7 Å². The van der Waals surface area contributed by atoms with E-state index in [1.807, 2.05) is 0 Å². The molecule has 0 radical (unpaired) electrons. The summed E-state index contributed by atoms with van der Waals surface area (Å²) in [6, 6.07) is 3.22. The summed E-state index contributed by atoms with van der Waals surface area (Å²) in [5.74, 6) is -3.73. The minimum Gasteiger partial charge on any atom is -0.508 e. The largest absolute Gasteiger partial charge is 0.508 e. The zero-order chi connectivity index (χ0) is 93.9. The van der Waals surface area contributed by atoms with E-state index in [0.29, 0.717) is 0 Å². The fourth-order valence-electron chi connectivity index (χ4n) is 16.6. The van der Waals surface area contributed by atoms with Crippen LogP contribution in [-0.2, 0) is 111 Å². The molecule has 25 rings (SSSR count). The van der Waals surface area contributed by atoms with E-state index in [1.165, 1.54) is 24.3 Å². The monoisotopic (exact) mass is 1880 g/mol. The van der Waals surface area contributed by atoms with Gasteiger partial charge in [-0.15, -0.1) is 0 Å². The van der Waals surface area contributed by atoms with Gasteiger partial charge in [0.05, 0.1) is 59.5 Å². The summed E-state index contributed by atoms with van der Waals surface area (Å²) in [7, 11) is 0. The number of rotatable bonds is 23. The van der Waals surface area contributed by atoms with E-state index in [0.717, 1.165) is 0 Å². The van der Waals surface area contributed by atoms with Crippen LogP contribution in [0, 0.1) is 0 Å². The number of benzene rings is 1. The predicted octanol–water partition coefficient (Wildman–Crippen LogP) is -22.3. The first-order valence-electron chi connectivity index (χ1n) is 41.2. The molecule has 24 heterocycles. The molecule has 56 heteroatoms. The summed E-state index contributed by atoms with van der Waals surface area (Å²) in [6.07, 6.45) is -108. The van der Waals surface area contributed by atoms with E-state index in [1.54, 1.807) is 0 Å². The van der Waals surface area contributed by atoms with E-state index in [2.05, 4.69) is 16.0 Å². The second kappa shape index (κ2) is 45.2. The van der Waals surface area contributed by atoms with Crippen LogP contribution < -0.4 is 16.0 Å². The highest BCUT2D eigenvalue weighted by Gasteiger charge is 2.62. The summed E-state index contributed by atoms with van der Waals surface area (Å²) in [4.78, 5) is 43.0. The quantitative estimate of drug-likeness (QED) is 0.0484. The predicted molar refractivity (Wildman–Crippen MR) is 395 cm³/mol. The van der Waals surface area contributed by atoms with Crippen molar-refractivity contribution in [3.63, 3.8) is 0 Å². The van der Waals surface area contributed by atoms with Crippen molar-refractivity contribution in [2.75, 3.05) is 66.0 Å². The van der Waals surface area contributed by atoms with Crippen LogP contribution in [0.25, 0.3) is 0 Å². The van der Waals surface area contributed by atoms with Crippen molar-refractivity contribution in [2.24, 2.45) is 0 Å². The van der Waals surface area contributed by atoms with Crippen LogP contribution in [0.1, 0.15) is 18.4 Å². The first-order chi connectivity index (χ1) is 61.3. The second-order valence-corrected chi connectivity index (χ2v) is 32.7. The van der Waals surface area contributed by atoms with Gasteiger partial charge in [0, 0.05) is 25.8 Å². The van der Waals surface area contributed by atoms with Crippen LogP contribution in [0.2, 0.25) is 0 Å². The lowest BCUT2D eigenvalue weighted by atomic mass is 9.95. The number of hydrogen-bond donors (Lipinski definition) is 34. The van der Waals surface area contributed by atoms with E-state index in [4.69, 9.17) is 90.0 Å². The maximum absolute atomic E-state index is 14.7. The Morgan fingerprint density at radius 3 is 0.938 bits per heavy atom. The molecule has 24 fully saturated rings. The van der Waals surface area contributed by atoms with Crippen molar-refractivity contribution < 1.29 is 263 Å². The Bertz CT molecular complexity index is 3640. The first kappa shape index (κ1) is 103. The molecule has 51 atom stereocenters. The molecule has 14 bridgehead atoms. The number of aromatic hydroxyl groups is 1. The third-order valence-electron chi connectivity index (χ3n) is 24.1. The molecule has 740 valence electrons. The lowest BCUT2D eigenvalue weighted by molar-refractivity contribution is -0.396. The molecule has 24 aliphatic heterocycles. The van der Waals surface area contributed by atoms with Crippen molar-refractivity contribution in [1.29, 1.82) is 0 Å².